The minimum atomic E-state index is -0.685. The number of urea groups is 1. The molecular formula is C17H15BrN2O2. The number of carbonyl (C=O) groups excluding carboxylic acids is 1. The Morgan fingerprint density at radius 1 is 1.23 bits per heavy atom. The van der Waals surface area contributed by atoms with Gasteiger partial charge in [0.2, 0.25) is 0 Å². The van der Waals surface area contributed by atoms with E-state index in [0.717, 1.165) is 21.5 Å². The van der Waals surface area contributed by atoms with Crippen LogP contribution in [0.2, 0.25) is 0 Å². The highest BCUT2D eigenvalue weighted by Gasteiger charge is 2.49. The molecule has 0 unspecified atom stereocenters. The Labute approximate surface area is 137 Å². The second-order valence-corrected chi connectivity index (χ2v) is 6.75. The molecule has 2 bridgehead atoms. The van der Waals surface area contributed by atoms with Crippen molar-refractivity contribution in [2.75, 3.05) is 4.90 Å². The maximum Gasteiger partial charge on any atom is 0.325 e. The van der Waals surface area contributed by atoms with Crippen molar-refractivity contribution in [3.8, 4) is 5.75 Å². The van der Waals surface area contributed by atoms with Crippen molar-refractivity contribution in [3.05, 3.63) is 58.6 Å². The summed E-state index contributed by atoms with van der Waals surface area (Å²) in [6.07, 6.45) is 0.714. The van der Waals surface area contributed by atoms with Crippen LogP contribution in [-0.2, 0) is 0 Å². The molecule has 4 nitrogen and oxygen atoms in total. The van der Waals surface area contributed by atoms with Crippen LogP contribution in [0.3, 0.4) is 0 Å². The summed E-state index contributed by atoms with van der Waals surface area (Å²) in [6.45, 7) is 1.97. The molecule has 4 rings (SSSR count). The normalized spacial score (nSPS) is 26.0. The summed E-state index contributed by atoms with van der Waals surface area (Å²) >= 11 is 3.42. The summed E-state index contributed by atoms with van der Waals surface area (Å²) in [7, 11) is 0. The molecule has 2 atom stereocenters. The molecule has 22 heavy (non-hydrogen) atoms. The SMILES string of the molecule is C[C@]12C[C@@H](NC(=O)N1c1ccc(Br)cc1)c1ccccc1O2. The first-order chi connectivity index (χ1) is 10.6. The molecule has 1 N–H and O–H groups in total. The van der Waals surface area contributed by atoms with Gasteiger partial charge in [-0.1, -0.05) is 34.1 Å². The second kappa shape index (κ2) is 4.74. The summed E-state index contributed by atoms with van der Waals surface area (Å²) < 4.78 is 7.19. The quantitative estimate of drug-likeness (QED) is 0.829. The highest BCUT2D eigenvalue weighted by molar-refractivity contribution is 9.10. The number of para-hydroxylation sites is 1. The highest BCUT2D eigenvalue weighted by Crippen LogP contribution is 2.45. The number of rotatable bonds is 1. The molecule has 2 heterocycles. The van der Waals surface area contributed by atoms with Crippen molar-refractivity contribution in [3.63, 3.8) is 0 Å². The molecule has 0 spiro atoms. The van der Waals surface area contributed by atoms with Gasteiger partial charge in [0.15, 0.2) is 5.72 Å². The Morgan fingerprint density at radius 3 is 2.73 bits per heavy atom. The number of fused-ring (bicyclic) bond motifs is 4. The van der Waals surface area contributed by atoms with Crippen LogP contribution in [0.25, 0.3) is 0 Å². The zero-order valence-corrected chi connectivity index (χ0v) is 13.6. The fraction of sp³-hybridized carbons (Fsp3) is 0.235. The lowest BCUT2D eigenvalue weighted by Gasteiger charge is -2.50. The minimum Gasteiger partial charge on any atom is -0.467 e. The maximum atomic E-state index is 12.6. The predicted octanol–water partition coefficient (Wildman–Crippen LogP) is 4.22. The van der Waals surface area contributed by atoms with Crippen LogP contribution in [0.4, 0.5) is 10.5 Å². The average Bonchev–Trinajstić information content (AvgIpc) is 2.48. The van der Waals surface area contributed by atoms with Gasteiger partial charge in [-0.05, 0) is 37.3 Å². The van der Waals surface area contributed by atoms with Crippen molar-refractivity contribution in [1.29, 1.82) is 0 Å². The molecule has 2 aliphatic heterocycles. The third-order valence-electron chi connectivity index (χ3n) is 4.27. The fourth-order valence-corrected chi connectivity index (χ4v) is 3.57. The van der Waals surface area contributed by atoms with Crippen LogP contribution in [0.5, 0.6) is 5.75 Å². The number of ether oxygens (including phenoxy) is 1. The van der Waals surface area contributed by atoms with Gasteiger partial charge < -0.3 is 10.1 Å². The lowest BCUT2D eigenvalue weighted by atomic mass is 9.90. The Kier molecular flexibility index (Phi) is 2.94. The fourth-order valence-electron chi connectivity index (χ4n) is 3.30. The van der Waals surface area contributed by atoms with Crippen LogP contribution in [0, 0.1) is 0 Å². The molecule has 1 saturated heterocycles. The molecule has 2 aromatic rings. The van der Waals surface area contributed by atoms with Crippen molar-refractivity contribution >= 4 is 27.6 Å². The number of hydrogen-bond acceptors (Lipinski definition) is 2. The number of hydrogen-bond donors (Lipinski definition) is 1. The number of anilines is 1. The molecule has 5 heteroatoms. The third-order valence-corrected chi connectivity index (χ3v) is 4.79. The molecule has 0 saturated carbocycles. The van der Waals surface area contributed by atoms with Crippen LogP contribution in [0.1, 0.15) is 24.9 Å². The van der Waals surface area contributed by atoms with Crippen LogP contribution in [0.15, 0.2) is 53.0 Å². The highest BCUT2D eigenvalue weighted by atomic mass is 79.9. The van der Waals surface area contributed by atoms with E-state index in [1.54, 1.807) is 4.90 Å². The summed E-state index contributed by atoms with van der Waals surface area (Å²) in [6, 6.07) is 15.4. The van der Waals surface area contributed by atoms with Crippen molar-refractivity contribution in [1.82, 2.24) is 5.32 Å². The van der Waals surface area contributed by atoms with Gasteiger partial charge in [0.05, 0.1) is 6.04 Å². The molecule has 1 fully saturated rings. The Balaban J connectivity index is 1.80. The number of carbonyl (C=O) groups is 1. The Morgan fingerprint density at radius 2 is 1.95 bits per heavy atom. The molecule has 2 aliphatic rings. The summed E-state index contributed by atoms with van der Waals surface area (Å²) in [5.74, 6) is 0.836. The first-order valence-electron chi connectivity index (χ1n) is 7.21. The molecule has 112 valence electrons. The molecule has 2 aromatic carbocycles. The van der Waals surface area contributed by atoms with Gasteiger partial charge in [-0.2, -0.15) is 0 Å². The van der Waals surface area contributed by atoms with E-state index in [4.69, 9.17) is 4.74 Å². The predicted molar refractivity (Wildman–Crippen MR) is 88.0 cm³/mol. The molecule has 0 aliphatic carbocycles. The summed E-state index contributed by atoms with van der Waals surface area (Å²) in [4.78, 5) is 14.3. The van der Waals surface area contributed by atoms with Gasteiger partial charge in [0.1, 0.15) is 5.75 Å². The van der Waals surface area contributed by atoms with E-state index >= 15 is 0 Å². The van der Waals surface area contributed by atoms with Gasteiger partial charge in [-0.3, -0.25) is 4.90 Å². The first kappa shape index (κ1) is 13.6. The number of nitrogens with one attached hydrogen (secondary N) is 1. The largest absolute Gasteiger partial charge is 0.467 e. The number of benzene rings is 2. The monoisotopic (exact) mass is 358 g/mol. The van der Waals surface area contributed by atoms with Crippen molar-refractivity contribution < 1.29 is 9.53 Å². The number of nitrogens with zero attached hydrogens (tertiary/aromatic N) is 1. The molecular weight excluding hydrogens is 344 g/mol. The van der Waals surface area contributed by atoms with E-state index in [-0.39, 0.29) is 12.1 Å². The van der Waals surface area contributed by atoms with E-state index in [1.165, 1.54) is 0 Å². The maximum absolute atomic E-state index is 12.6. The lowest BCUT2D eigenvalue weighted by molar-refractivity contribution is 0.0379. The standard InChI is InChI=1S/C17H15BrN2O2/c1-17-10-14(13-4-2-3-5-15(13)22-17)19-16(21)20(17)12-8-6-11(18)7-9-12/h2-9,14H,10H2,1H3,(H,19,21)/t14-,17+/m1/s1. The Hall–Kier alpha value is -2.01. The first-order valence-corrected chi connectivity index (χ1v) is 8.00. The molecule has 2 amide bonds. The second-order valence-electron chi connectivity index (χ2n) is 5.83. The zero-order valence-electron chi connectivity index (χ0n) is 12.0. The van der Waals surface area contributed by atoms with Crippen LogP contribution in [-0.4, -0.2) is 11.8 Å². The van der Waals surface area contributed by atoms with Gasteiger partial charge >= 0.3 is 6.03 Å². The topological polar surface area (TPSA) is 41.6 Å². The van der Waals surface area contributed by atoms with Gasteiger partial charge in [-0.25, -0.2) is 4.79 Å². The minimum absolute atomic E-state index is 0.00542. The Bertz CT molecular complexity index is 747. The average molecular weight is 359 g/mol. The molecule has 0 aromatic heterocycles. The zero-order chi connectivity index (χ0) is 15.3. The van der Waals surface area contributed by atoms with Gasteiger partial charge in [0.25, 0.3) is 0 Å². The number of amides is 2. The summed E-state index contributed by atoms with van der Waals surface area (Å²) in [5, 5.41) is 3.09. The van der Waals surface area contributed by atoms with E-state index in [0.29, 0.717) is 6.42 Å². The van der Waals surface area contributed by atoms with Crippen molar-refractivity contribution in [2.24, 2.45) is 0 Å². The number of halogens is 1. The smallest absolute Gasteiger partial charge is 0.325 e. The third kappa shape index (κ3) is 2.00. The van der Waals surface area contributed by atoms with Crippen LogP contribution < -0.4 is 15.0 Å². The van der Waals surface area contributed by atoms with Crippen LogP contribution >= 0.6 is 15.9 Å². The van der Waals surface area contributed by atoms with E-state index in [2.05, 4.69) is 21.2 Å². The lowest BCUT2D eigenvalue weighted by Crippen LogP contribution is -2.65. The van der Waals surface area contributed by atoms with E-state index < -0.39 is 5.72 Å². The van der Waals surface area contributed by atoms with E-state index in [1.807, 2.05) is 55.5 Å². The summed E-state index contributed by atoms with van der Waals surface area (Å²) in [5.41, 5.74) is 1.18. The molecule has 0 radical (unpaired) electrons. The van der Waals surface area contributed by atoms with Gasteiger partial charge in [0, 0.05) is 22.1 Å². The van der Waals surface area contributed by atoms with Crippen molar-refractivity contribution in [2.45, 2.75) is 25.1 Å². The van der Waals surface area contributed by atoms with Gasteiger partial charge in [-0.15, -0.1) is 0 Å². The van der Waals surface area contributed by atoms with E-state index in [9.17, 15) is 4.79 Å².